The first-order valence-electron chi connectivity index (χ1n) is 4.41. The van der Waals surface area contributed by atoms with Gasteiger partial charge < -0.3 is 0 Å². The predicted octanol–water partition coefficient (Wildman–Crippen LogP) is 0.642. The van der Waals surface area contributed by atoms with E-state index in [1.807, 2.05) is 11.7 Å². The molecule has 1 aromatic heterocycles. The van der Waals surface area contributed by atoms with Crippen molar-refractivity contribution in [1.82, 2.24) is 19.7 Å². The van der Waals surface area contributed by atoms with Crippen LogP contribution in [-0.4, -0.2) is 38.1 Å². The average Bonchev–Trinajstić information content (AvgIpc) is 2.43. The van der Waals surface area contributed by atoms with Gasteiger partial charge in [-0.05, 0) is 5.92 Å². The van der Waals surface area contributed by atoms with E-state index in [4.69, 9.17) is 0 Å². The maximum Gasteiger partial charge on any atom is 0.140 e. The van der Waals surface area contributed by atoms with Gasteiger partial charge in [0.25, 0.3) is 0 Å². The van der Waals surface area contributed by atoms with Crippen molar-refractivity contribution >= 4 is 15.9 Å². The second-order valence-corrected chi connectivity index (χ2v) is 4.16. The fourth-order valence-corrected chi connectivity index (χ4v) is 1.98. The minimum Gasteiger partial charge on any atom is -0.295 e. The number of halogens is 1. The van der Waals surface area contributed by atoms with Crippen LogP contribution in [0.2, 0.25) is 0 Å². The van der Waals surface area contributed by atoms with Gasteiger partial charge in [-0.25, -0.2) is 4.98 Å². The van der Waals surface area contributed by atoms with E-state index in [1.54, 1.807) is 6.33 Å². The van der Waals surface area contributed by atoms with E-state index in [9.17, 15) is 0 Å². The minimum absolute atomic E-state index is 0.827. The topological polar surface area (TPSA) is 34.0 Å². The molecule has 0 aliphatic carbocycles. The molecule has 4 nitrogen and oxygen atoms in total. The molecule has 2 rings (SSSR count). The minimum atomic E-state index is 0.827. The van der Waals surface area contributed by atoms with Crippen molar-refractivity contribution in [3.8, 4) is 0 Å². The molecule has 0 saturated carbocycles. The van der Waals surface area contributed by atoms with E-state index < -0.39 is 0 Å². The van der Waals surface area contributed by atoms with Crippen LogP contribution >= 0.6 is 15.9 Å². The molecule has 0 unspecified atom stereocenters. The lowest BCUT2D eigenvalue weighted by Gasteiger charge is -2.37. The zero-order valence-electron chi connectivity index (χ0n) is 7.65. The lowest BCUT2D eigenvalue weighted by molar-refractivity contribution is 0.104. The Morgan fingerprint density at radius 2 is 2.38 bits per heavy atom. The highest BCUT2D eigenvalue weighted by molar-refractivity contribution is 9.09. The van der Waals surface area contributed by atoms with Gasteiger partial charge in [0.2, 0.25) is 0 Å². The van der Waals surface area contributed by atoms with Crippen molar-refractivity contribution in [2.75, 3.05) is 18.4 Å². The van der Waals surface area contributed by atoms with Gasteiger partial charge in [-0.1, -0.05) is 15.9 Å². The standard InChI is InChI=1S/C8H13BrN4/c1-12-8(10-6-11-12)5-13-3-7(2-9)4-13/h6-7H,2-5H2,1H3. The Morgan fingerprint density at radius 1 is 1.62 bits per heavy atom. The molecule has 0 radical (unpaired) electrons. The molecular weight excluding hydrogens is 232 g/mol. The van der Waals surface area contributed by atoms with E-state index in [2.05, 4.69) is 30.9 Å². The number of alkyl halides is 1. The van der Waals surface area contributed by atoms with Gasteiger partial charge >= 0.3 is 0 Å². The number of rotatable bonds is 3. The van der Waals surface area contributed by atoms with Crippen LogP contribution in [0.5, 0.6) is 0 Å². The van der Waals surface area contributed by atoms with Crippen molar-refractivity contribution < 1.29 is 0 Å². The van der Waals surface area contributed by atoms with Gasteiger partial charge in [0.05, 0.1) is 6.54 Å². The number of nitrogens with zero attached hydrogens (tertiary/aromatic N) is 4. The molecule has 5 heteroatoms. The summed E-state index contributed by atoms with van der Waals surface area (Å²) in [7, 11) is 1.93. The van der Waals surface area contributed by atoms with Crippen LogP contribution in [0.1, 0.15) is 5.82 Å². The first kappa shape index (κ1) is 9.15. The van der Waals surface area contributed by atoms with Crippen LogP contribution in [0.15, 0.2) is 6.33 Å². The molecule has 72 valence electrons. The summed E-state index contributed by atoms with van der Waals surface area (Å²) >= 11 is 3.49. The lowest BCUT2D eigenvalue weighted by Crippen LogP contribution is -2.47. The molecule has 1 aromatic rings. The Balaban J connectivity index is 1.84. The van der Waals surface area contributed by atoms with Crippen LogP contribution in [0.4, 0.5) is 0 Å². The molecule has 0 atom stereocenters. The molecule has 1 fully saturated rings. The first-order chi connectivity index (χ1) is 6.29. The summed E-state index contributed by atoms with van der Waals surface area (Å²) in [6, 6.07) is 0. The number of hydrogen-bond acceptors (Lipinski definition) is 3. The highest BCUT2D eigenvalue weighted by Gasteiger charge is 2.26. The van der Waals surface area contributed by atoms with Gasteiger partial charge in [0, 0.05) is 25.5 Å². The quantitative estimate of drug-likeness (QED) is 0.733. The molecule has 13 heavy (non-hydrogen) atoms. The molecule has 0 spiro atoms. The molecule has 2 heterocycles. The Hall–Kier alpha value is -0.420. The third-order valence-corrected chi connectivity index (χ3v) is 3.34. The second kappa shape index (κ2) is 3.75. The van der Waals surface area contributed by atoms with Crippen LogP contribution in [0.25, 0.3) is 0 Å². The van der Waals surface area contributed by atoms with E-state index >= 15 is 0 Å². The van der Waals surface area contributed by atoms with Crippen LogP contribution in [0.3, 0.4) is 0 Å². The summed E-state index contributed by atoms with van der Waals surface area (Å²) in [6.45, 7) is 3.29. The fourth-order valence-electron chi connectivity index (χ4n) is 1.57. The fraction of sp³-hybridized carbons (Fsp3) is 0.750. The van der Waals surface area contributed by atoms with Crippen molar-refractivity contribution in [3.63, 3.8) is 0 Å². The predicted molar refractivity (Wildman–Crippen MR) is 53.6 cm³/mol. The molecule has 1 aliphatic heterocycles. The molecule has 0 bridgehead atoms. The first-order valence-corrected chi connectivity index (χ1v) is 5.53. The largest absolute Gasteiger partial charge is 0.295 e. The SMILES string of the molecule is Cn1ncnc1CN1CC(CBr)C1. The van der Waals surface area contributed by atoms with Crippen LogP contribution < -0.4 is 0 Å². The Labute approximate surface area is 86.1 Å². The van der Waals surface area contributed by atoms with E-state index in [1.165, 1.54) is 13.1 Å². The zero-order chi connectivity index (χ0) is 9.26. The Bertz CT molecular complexity index is 279. The van der Waals surface area contributed by atoms with E-state index in [-0.39, 0.29) is 0 Å². The molecule has 0 aromatic carbocycles. The molecule has 1 saturated heterocycles. The van der Waals surface area contributed by atoms with Gasteiger partial charge in [-0.3, -0.25) is 9.58 Å². The van der Waals surface area contributed by atoms with E-state index in [0.717, 1.165) is 23.6 Å². The van der Waals surface area contributed by atoms with Gasteiger partial charge in [-0.15, -0.1) is 0 Å². The van der Waals surface area contributed by atoms with Gasteiger partial charge in [-0.2, -0.15) is 5.10 Å². The van der Waals surface area contributed by atoms with Gasteiger partial charge in [0.15, 0.2) is 0 Å². The summed E-state index contributed by atoms with van der Waals surface area (Å²) in [5.74, 6) is 1.88. The maximum absolute atomic E-state index is 4.19. The monoisotopic (exact) mass is 244 g/mol. The number of hydrogen-bond donors (Lipinski definition) is 0. The summed E-state index contributed by atoms with van der Waals surface area (Å²) < 4.78 is 1.83. The third-order valence-electron chi connectivity index (χ3n) is 2.42. The highest BCUT2D eigenvalue weighted by atomic mass is 79.9. The highest BCUT2D eigenvalue weighted by Crippen LogP contribution is 2.18. The summed E-state index contributed by atoms with van der Waals surface area (Å²) in [5.41, 5.74) is 0. The molecular formula is C8H13BrN4. The smallest absolute Gasteiger partial charge is 0.140 e. The van der Waals surface area contributed by atoms with Gasteiger partial charge in [0.1, 0.15) is 12.2 Å². The summed E-state index contributed by atoms with van der Waals surface area (Å²) in [4.78, 5) is 6.57. The second-order valence-electron chi connectivity index (χ2n) is 3.51. The number of aryl methyl sites for hydroxylation is 1. The van der Waals surface area contributed by atoms with Crippen molar-refractivity contribution in [1.29, 1.82) is 0 Å². The van der Waals surface area contributed by atoms with Crippen LogP contribution in [0, 0.1) is 5.92 Å². The van der Waals surface area contributed by atoms with E-state index in [0.29, 0.717) is 0 Å². The molecule has 0 amide bonds. The zero-order valence-corrected chi connectivity index (χ0v) is 9.24. The molecule has 1 aliphatic rings. The van der Waals surface area contributed by atoms with Crippen molar-refractivity contribution in [3.05, 3.63) is 12.2 Å². The third kappa shape index (κ3) is 1.91. The van der Waals surface area contributed by atoms with Crippen molar-refractivity contribution in [2.45, 2.75) is 6.54 Å². The number of likely N-dealkylation sites (tertiary alicyclic amines) is 1. The lowest BCUT2D eigenvalue weighted by atomic mass is 10.0. The maximum atomic E-state index is 4.19. The molecule has 0 N–H and O–H groups in total. The average molecular weight is 245 g/mol. The normalized spacial score (nSPS) is 18.9. The Kier molecular flexibility index (Phi) is 2.64. The Morgan fingerprint density at radius 3 is 2.92 bits per heavy atom. The van der Waals surface area contributed by atoms with Crippen molar-refractivity contribution in [2.24, 2.45) is 13.0 Å². The van der Waals surface area contributed by atoms with Crippen LogP contribution in [-0.2, 0) is 13.6 Å². The summed E-state index contributed by atoms with van der Waals surface area (Å²) in [5, 5.41) is 5.15. The number of aromatic nitrogens is 3. The summed E-state index contributed by atoms with van der Waals surface area (Å²) in [6.07, 6.45) is 1.61.